The monoisotopic (exact) mass is 306 g/mol. The Bertz CT molecular complexity index is 761. The molecular weight excluding hydrogens is 288 g/mol. The lowest BCUT2D eigenvalue weighted by molar-refractivity contribution is 0.591. The van der Waals surface area contributed by atoms with E-state index in [0.29, 0.717) is 24.1 Å². The molecule has 21 heavy (non-hydrogen) atoms. The fraction of sp³-hybridized carbons (Fsp3) is 0.429. The third kappa shape index (κ3) is 2.78. The number of sulfone groups is 1. The molecule has 1 atom stereocenters. The average Bonchev–Trinajstić information content (AvgIpc) is 2.83. The number of benzene rings is 1. The summed E-state index contributed by atoms with van der Waals surface area (Å²) in [6.07, 6.45) is 1.47. The van der Waals surface area contributed by atoms with Gasteiger partial charge in [0.05, 0.1) is 16.5 Å². The highest BCUT2D eigenvalue weighted by atomic mass is 32.2. The lowest BCUT2D eigenvalue weighted by Crippen LogP contribution is -2.25. The molecule has 0 radical (unpaired) electrons. The van der Waals surface area contributed by atoms with E-state index in [1.807, 2.05) is 24.3 Å². The van der Waals surface area contributed by atoms with Crippen LogP contribution in [0.15, 0.2) is 24.3 Å². The van der Waals surface area contributed by atoms with Crippen molar-refractivity contribution >= 4 is 32.5 Å². The van der Waals surface area contributed by atoms with E-state index in [0.717, 1.165) is 23.7 Å². The van der Waals surface area contributed by atoms with Crippen molar-refractivity contribution in [3.05, 3.63) is 24.3 Å². The van der Waals surface area contributed by atoms with Gasteiger partial charge in [0.15, 0.2) is 9.84 Å². The predicted molar refractivity (Wildman–Crippen MR) is 84.4 cm³/mol. The molecule has 1 unspecified atom stereocenters. The Morgan fingerprint density at radius 2 is 2.10 bits per heavy atom. The molecule has 0 aliphatic carbocycles. The van der Waals surface area contributed by atoms with Crippen LogP contribution in [0, 0.1) is 0 Å². The van der Waals surface area contributed by atoms with Gasteiger partial charge in [-0.3, -0.25) is 0 Å². The van der Waals surface area contributed by atoms with E-state index in [1.165, 1.54) is 0 Å². The molecule has 7 heteroatoms. The first-order chi connectivity index (χ1) is 10.1. The van der Waals surface area contributed by atoms with Crippen LogP contribution in [-0.2, 0) is 9.84 Å². The van der Waals surface area contributed by atoms with Gasteiger partial charge in [0.25, 0.3) is 0 Å². The number of nitrogens with zero attached hydrogens (tertiary/aromatic N) is 2. The number of nitrogens with one attached hydrogen (secondary N) is 2. The average molecular weight is 306 g/mol. The Morgan fingerprint density at radius 1 is 1.29 bits per heavy atom. The van der Waals surface area contributed by atoms with Gasteiger partial charge >= 0.3 is 0 Å². The first kappa shape index (κ1) is 14.1. The molecule has 0 amide bonds. The topological polar surface area (TPSA) is 84.0 Å². The maximum atomic E-state index is 11.9. The highest BCUT2D eigenvalue weighted by molar-refractivity contribution is 7.92. The van der Waals surface area contributed by atoms with Gasteiger partial charge in [-0.15, -0.1) is 0 Å². The van der Waals surface area contributed by atoms with Crippen molar-refractivity contribution in [3.8, 4) is 0 Å². The number of hydrogen-bond donors (Lipinski definition) is 2. The zero-order valence-corrected chi connectivity index (χ0v) is 12.7. The van der Waals surface area contributed by atoms with Crippen LogP contribution in [0.5, 0.6) is 0 Å². The van der Waals surface area contributed by atoms with Gasteiger partial charge in [-0.1, -0.05) is 12.1 Å². The number of rotatable bonds is 4. The largest absolute Gasteiger partial charge is 0.368 e. The number of fused-ring (bicyclic) bond motifs is 1. The molecule has 6 nitrogen and oxygen atoms in total. The third-order valence-corrected chi connectivity index (χ3v) is 6.06. The first-order valence-electron chi connectivity index (χ1n) is 7.00. The second-order valence-electron chi connectivity index (χ2n) is 5.18. The maximum absolute atomic E-state index is 11.9. The van der Waals surface area contributed by atoms with Crippen LogP contribution in [0.1, 0.15) is 12.8 Å². The second kappa shape index (κ2) is 5.48. The SMILES string of the molecule is CNc1nc(NCC2CCCS2(=O)=O)c2ccccc2n1. The quantitative estimate of drug-likeness (QED) is 0.894. The minimum absolute atomic E-state index is 0.297. The third-order valence-electron chi connectivity index (χ3n) is 3.79. The van der Waals surface area contributed by atoms with Gasteiger partial charge in [-0.25, -0.2) is 13.4 Å². The van der Waals surface area contributed by atoms with Crippen LogP contribution >= 0.6 is 0 Å². The molecule has 2 N–H and O–H groups in total. The summed E-state index contributed by atoms with van der Waals surface area (Å²) in [7, 11) is -1.19. The number of hydrogen-bond acceptors (Lipinski definition) is 6. The Kier molecular flexibility index (Phi) is 3.67. The second-order valence-corrected chi connectivity index (χ2v) is 7.58. The lowest BCUT2D eigenvalue weighted by Gasteiger charge is -2.13. The number of aromatic nitrogens is 2. The summed E-state index contributed by atoms with van der Waals surface area (Å²) >= 11 is 0. The molecule has 3 rings (SSSR count). The summed E-state index contributed by atoms with van der Waals surface area (Å²) in [5.74, 6) is 1.49. The standard InChI is InChI=1S/C14H18N4O2S/c1-15-14-17-12-7-3-2-6-11(12)13(18-14)16-9-10-5-4-8-21(10,19)20/h2-3,6-7,10H,4-5,8-9H2,1H3,(H2,15,16,17,18). The molecule has 1 fully saturated rings. The van der Waals surface area contributed by atoms with Crippen molar-refractivity contribution < 1.29 is 8.42 Å². The van der Waals surface area contributed by atoms with Crippen LogP contribution in [0.25, 0.3) is 10.9 Å². The lowest BCUT2D eigenvalue weighted by atomic mass is 10.2. The van der Waals surface area contributed by atoms with Gasteiger partial charge in [0, 0.05) is 19.0 Å². The predicted octanol–water partition coefficient (Wildman–Crippen LogP) is 1.66. The molecule has 2 heterocycles. The van der Waals surface area contributed by atoms with Crippen molar-refractivity contribution in [1.29, 1.82) is 0 Å². The summed E-state index contributed by atoms with van der Waals surface area (Å²) in [6, 6.07) is 7.68. The van der Waals surface area contributed by atoms with E-state index in [4.69, 9.17) is 0 Å². The normalized spacial score (nSPS) is 20.5. The Balaban J connectivity index is 1.89. The Labute approximate surface area is 123 Å². The van der Waals surface area contributed by atoms with Crippen molar-refractivity contribution in [3.63, 3.8) is 0 Å². The van der Waals surface area contributed by atoms with E-state index in [-0.39, 0.29) is 5.25 Å². The molecular formula is C14H18N4O2S. The summed E-state index contributed by atoms with van der Waals surface area (Å²) in [4.78, 5) is 8.78. The molecule has 1 aliphatic rings. The molecule has 1 aromatic carbocycles. The van der Waals surface area contributed by atoms with Crippen molar-refractivity contribution in [2.45, 2.75) is 18.1 Å². The zero-order valence-electron chi connectivity index (χ0n) is 11.8. The molecule has 1 saturated heterocycles. The van der Waals surface area contributed by atoms with Crippen molar-refractivity contribution in [2.75, 3.05) is 30.0 Å². The van der Waals surface area contributed by atoms with Crippen LogP contribution in [0.4, 0.5) is 11.8 Å². The zero-order chi connectivity index (χ0) is 14.9. The first-order valence-corrected chi connectivity index (χ1v) is 8.71. The molecule has 1 aromatic heterocycles. The fourth-order valence-electron chi connectivity index (χ4n) is 2.62. The summed E-state index contributed by atoms with van der Waals surface area (Å²) in [5, 5.41) is 6.69. The summed E-state index contributed by atoms with van der Waals surface area (Å²) < 4.78 is 23.8. The molecule has 2 aromatic rings. The molecule has 112 valence electrons. The molecule has 0 bridgehead atoms. The smallest absolute Gasteiger partial charge is 0.224 e. The minimum atomic E-state index is -2.95. The van der Waals surface area contributed by atoms with Crippen LogP contribution in [0.2, 0.25) is 0 Å². The number of para-hydroxylation sites is 1. The van der Waals surface area contributed by atoms with Crippen molar-refractivity contribution in [1.82, 2.24) is 9.97 Å². The van der Waals surface area contributed by atoms with Crippen LogP contribution in [-0.4, -0.2) is 43.0 Å². The highest BCUT2D eigenvalue weighted by Crippen LogP contribution is 2.24. The van der Waals surface area contributed by atoms with E-state index >= 15 is 0 Å². The van der Waals surface area contributed by atoms with E-state index < -0.39 is 9.84 Å². The highest BCUT2D eigenvalue weighted by Gasteiger charge is 2.31. The molecule has 0 saturated carbocycles. The van der Waals surface area contributed by atoms with E-state index in [1.54, 1.807) is 7.05 Å². The van der Waals surface area contributed by atoms with Gasteiger partial charge in [0.2, 0.25) is 5.95 Å². The van der Waals surface area contributed by atoms with E-state index in [2.05, 4.69) is 20.6 Å². The Hall–Kier alpha value is -1.89. The van der Waals surface area contributed by atoms with Gasteiger partial charge in [-0.05, 0) is 25.0 Å². The minimum Gasteiger partial charge on any atom is -0.368 e. The number of anilines is 2. The van der Waals surface area contributed by atoms with Crippen LogP contribution in [0.3, 0.4) is 0 Å². The van der Waals surface area contributed by atoms with E-state index in [9.17, 15) is 8.42 Å². The molecule has 0 spiro atoms. The van der Waals surface area contributed by atoms with Gasteiger partial charge in [0.1, 0.15) is 5.82 Å². The fourth-order valence-corrected chi connectivity index (χ4v) is 4.39. The Morgan fingerprint density at radius 3 is 2.81 bits per heavy atom. The van der Waals surface area contributed by atoms with Crippen molar-refractivity contribution in [2.24, 2.45) is 0 Å². The van der Waals surface area contributed by atoms with Gasteiger partial charge < -0.3 is 10.6 Å². The van der Waals surface area contributed by atoms with Gasteiger partial charge in [-0.2, -0.15) is 4.98 Å². The summed E-state index contributed by atoms with van der Waals surface area (Å²) in [6.45, 7) is 0.395. The van der Waals surface area contributed by atoms with Crippen LogP contribution < -0.4 is 10.6 Å². The maximum Gasteiger partial charge on any atom is 0.224 e. The molecule has 1 aliphatic heterocycles. The summed E-state index contributed by atoms with van der Waals surface area (Å²) in [5.41, 5.74) is 0.827.